The molecule has 1 atom stereocenters. The highest BCUT2D eigenvalue weighted by Crippen LogP contribution is 2.47. The molecule has 176 valence electrons. The number of rotatable bonds is 5. The molecule has 0 bridgehead atoms. The number of aromatic nitrogens is 1. The molecule has 1 amide bonds. The number of likely N-dealkylation sites (tertiary alicyclic amines) is 1. The molecule has 1 aliphatic carbocycles. The predicted octanol–water partition coefficient (Wildman–Crippen LogP) is 1.85. The van der Waals surface area contributed by atoms with Gasteiger partial charge < -0.3 is 20.3 Å². The Balaban J connectivity index is 1.35. The van der Waals surface area contributed by atoms with Gasteiger partial charge in [-0.15, -0.1) is 0 Å². The summed E-state index contributed by atoms with van der Waals surface area (Å²) in [6.45, 7) is 8.93. The highest BCUT2D eigenvalue weighted by molar-refractivity contribution is 5.69. The maximum atomic E-state index is 14.0. The molecule has 1 aromatic heterocycles. The molecule has 4 N–H and O–H groups in total. The van der Waals surface area contributed by atoms with Crippen molar-refractivity contribution in [2.24, 2.45) is 17.0 Å². The van der Waals surface area contributed by atoms with Crippen LogP contribution in [0.25, 0.3) is 0 Å². The third-order valence-electron chi connectivity index (χ3n) is 7.09. The van der Waals surface area contributed by atoms with Gasteiger partial charge in [0.2, 0.25) is 5.95 Å². The van der Waals surface area contributed by atoms with Gasteiger partial charge in [0.05, 0.1) is 12.3 Å². The first-order valence-corrected chi connectivity index (χ1v) is 11.4. The first kappa shape index (κ1) is 22.6. The monoisotopic (exact) mass is 447 g/mol. The zero-order valence-corrected chi connectivity index (χ0v) is 19.0. The third kappa shape index (κ3) is 4.33. The van der Waals surface area contributed by atoms with E-state index in [0.717, 1.165) is 58.5 Å². The number of hydrazine groups is 1. The molecule has 3 fully saturated rings. The maximum absolute atomic E-state index is 14.0. The number of allylic oxidation sites excluding steroid dienone is 1. The van der Waals surface area contributed by atoms with Crippen molar-refractivity contribution in [3.8, 4) is 0 Å². The highest BCUT2D eigenvalue weighted by atomic mass is 19.1. The van der Waals surface area contributed by atoms with Crippen molar-refractivity contribution in [2.45, 2.75) is 39.2 Å². The molecule has 1 aromatic rings. The van der Waals surface area contributed by atoms with E-state index >= 15 is 0 Å². The third-order valence-corrected chi connectivity index (χ3v) is 7.09. The van der Waals surface area contributed by atoms with E-state index in [1.54, 1.807) is 13.0 Å². The number of ether oxygens (including phenoxy) is 1. The van der Waals surface area contributed by atoms with E-state index in [1.165, 1.54) is 17.3 Å². The van der Waals surface area contributed by atoms with Gasteiger partial charge in [-0.25, -0.2) is 15.6 Å². The quantitative estimate of drug-likeness (QED) is 0.400. The van der Waals surface area contributed by atoms with Gasteiger partial charge in [-0.2, -0.15) is 4.39 Å². The van der Waals surface area contributed by atoms with Gasteiger partial charge in [0, 0.05) is 62.6 Å². The lowest BCUT2D eigenvalue weighted by Gasteiger charge is -2.48. The minimum atomic E-state index is -0.525. The summed E-state index contributed by atoms with van der Waals surface area (Å²) in [4.78, 5) is 22.5. The molecule has 3 heterocycles. The molecular formula is C22H34FN7O2. The van der Waals surface area contributed by atoms with Crippen molar-refractivity contribution >= 4 is 17.6 Å². The number of nitrogens with two attached hydrogens (primary N) is 2. The lowest BCUT2D eigenvalue weighted by molar-refractivity contribution is -0.00294. The maximum Gasteiger partial charge on any atom is 0.409 e. The van der Waals surface area contributed by atoms with E-state index in [2.05, 4.69) is 14.8 Å². The lowest BCUT2D eigenvalue weighted by Crippen LogP contribution is -2.58. The van der Waals surface area contributed by atoms with Gasteiger partial charge in [0.25, 0.3) is 0 Å². The van der Waals surface area contributed by atoms with Crippen LogP contribution in [0.4, 0.5) is 20.7 Å². The van der Waals surface area contributed by atoms with Crippen LogP contribution in [0.2, 0.25) is 0 Å². The van der Waals surface area contributed by atoms with Gasteiger partial charge >= 0.3 is 6.09 Å². The van der Waals surface area contributed by atoms with Crippen molar-refractivity contribution < 1.29 is 13.9 Å². The van der Waals surface area contributed by atoms with E-state index in [-0.39, 0.29) is 11.5 Å². The second-order valence-electron chi connectivity index (χ2n) is 9.13. The van der Waals surface area contributed by atoms with Crippen LogP contribution in [0.15, 0.2) is 24.0 Å². The zero-order chi connectivity index (χ0) is 22.9. The fraction of sp³-hybridized carbons (Fsp3) is 0.636. The number of carbonyl (C=O) groups excluding carboxylic acids is 1. The fourth-order valence-corrected chi connectivity index (χ4v) is 5.29. The van der Waals surface area contributed by atoms with E-state index < -0.39 is 5.95 Å². The first-order chi connectivity index (χ1) is 15.4. The molecule has 2 aliphatic heterocycles. The van der Waals surface area contributed by atoms with E-state index in [4.69, 9.17) is 16.3 Å². The summed E-state index contributed by atoms with van der Waals surface area (Å²) >= 11 is 0. The van der Waals surface area contributed by atoms with Crippen LogP contribution in [-0.4, -0.2) is 72.8 Å². The summed E-state index contributed by atoms with van der Waals surface area (Å²) in [6, 6.07) is 3.48. The number of carbonyl (C=O) groups is 1. The Labute approximate surface area is 188 Å². The molecule has 2 saturated heterocycles. The van der Waals surface area contributed by atoms with Crippen LogP contribution in [0.1, 0.15) is 33.1 Å². The molecule has 3 aliphatic rings. The van der Waals surface area contributed by atoms with E-state index in [0.29, 0.717) is 29.9 Å². The smallest absolute Gasteiger partial charge is 0.409 e. The molecule has 1 spiro atoms. The van der Waals surface area contributed by atoms with Crippen LogP contribution in [0.5, 0.6) is 0 Å². The van der Waals surface area contributed by atoms with Gasteiger partial charge in [0.1, 0.15) is 0 Å². The summed E-state index contributed by atoms with van der Waals surface area (Å²) in [6.07, 6.45) is 4.64. The van der Waals surface area contributed by atoms with Gasteiger partial charge in [-0.3, -0.25) is 9.91 Å². The molecular weight excluding hydrogens is 413 g/mol. The first-order valence-electron chi connectivity index (χ1n) is 11.4. The Morgan fingerprint density at radius 1 is 1.34 bits per heavy atom. The van der Waals surface area contributed by atoms with Crippen LogP contribution in [0, 0.1) is 11.4 Å². The zero-order valence-electron chi connectivity index (χ0n) is 19.0. The Morgan fingerprint density at radius 3 is 2.72 bits per heavy atom. The van der Waals surface area contributed by atoms with Gasteiger partial charge in [-0.1, -0.05) is 0 Å². The molecule has 32 heavy (non-hydrogen) atoms. The minimum absolute atomic E-state index is 0.192. The Bertz CT molecular complexity index is 866. The summed E-state index contributed by atoms with van der Waals surface area (Å²) in [7, 11) is 0. The summed E-state index contributed by atoms with van der Waals surface area (Å²) < 4.78 is 19.1. The van der Waals surface area contributed by atoms with Crippen molar-refractivity contribution in [1.82, 2.24) is 14.8 Å². The van der Waals surface area contributed by atoms with Crippen molar-refractivity contribution in [3.63, 3.8) is 0 Å². The number of piperazine rings is 1. The van der Waals surface area contributed by atoms with E-state index in [9.17, 15) is 9.18 Å². The number of nitrogens with zero attached hydrogens (tertiary/aromatic N) is 5. The van der Waals surface area contributed by atoms with Crippen LogP contribution in [0.3, 0.4) is 0 Å². The number of halogens is 1. The van der Waals surface area contributed by atoms with Gasteiger partial charge in [0.15, 0.2) is 5.82 Å². The van der Waals surface area contributed by atoms with Crippen LogP contribution < -0.4 is 21.5 Å². The van der Waals surface area contributed by atoms with Crippen LogP contribution in [-0.2, 0) is 4.74 Å². The Hall–Kier alpha value is -2.59. The van der Waals surface area contributed by atoms with Gasteiger partial charge in [-0.05, 0) is 45.2 Å². The number of anilines is 2. The molecule has 10 heteroatoms. The fourth-order valence-electron chi connectivity index (χ4n) is 5.29. The Kier molecular flexibility index (Phi) is 6.43. The highest BCUT2D eigenvalue weighted by Gasteiger charge is 2.51. The molecule has 4 rings (SSSR count). The van der Waals surface area contributed by atoms with Crippen molar-refractivity contribution in [3.05, 3.63) is 30.0 Å². The SMILES string of the molecule is CCOC(=O)N1CC2(CCC(N3CCN(c4nc(F)ccc4N(N)/C(C)=C\N)CC3)C2)C1. The Morgan fingerprint density at radius 2 is 2.06 bits per heavy atom. The summed E-state index contributed by atoms with van der Waals surface area (Å²) in [5.74, 6) is 6.20. The van der Waals surface area contributed by atoms with Crippen LogP contribution >= 0.6 is 0 Å². The largest absolute Gasteiger partial charge is 0.450 e. The normalized spacial score (nSPS) is 23.4. The topological polar surface area (TPSA) is 104 Å². The van der Waals surface area contributed by atoms with Crippen molar-refractivity contribution in [1.29, 1.82) is 0 Å². The molecule has 9 nitrogen and oxygen atoms in total. The molecule has 0 aromatic carbocycles. The lowest BCUT2D eigenvalue weighted by atomic mass is 9.78. The number of amides is 1. The minimum Gasteiger partial charge on any atom is -0.450 e. The average molecular weight is 448 g/mol. The molecule has 1 unspecified atom stereocenters. The standard InChI is InChI=1S/C22H34FN7O2/c1-3-32-21(31)29-14-22(15-29)7-6-17(12-22)27-8-10-28(11-9-27)20-18(4-5-19(23)26-20)30(25)16(2)13-24/h4-5,13,17H,3,6-12,14-15,24-25H2,1-2H3/b16-13-. The number of pyridine rings is 1. The summed E-state index contributed by atoms with van der Waals surface area (Å²) in [5, 5.41) is 1.45. The predicted molar refractivity (Wildman–Crippen MR) is 121 cm³/mol. The molecule has 1 saturated carbocycles. The summed E-state index contributed by atoms with van der Waals surface area (Å²) in [5.41, 5.74) is 7.15. The second kappa shape index (κ2) is 9.11. The second-order valence-corrected chi connectivity index (χ2v) is 9.13. The average Bonchev–Trinajstić information content (AvgIpc) is 3.23. The van der Waals surface area contributed by atoms with E-state index in [1.807, 2.05) is 11.8 Å². The van der Waals surface area contributed by atoms with Crippen molar-refractivity contribution in [2.75, 3.05) is 55.8 Å². The molecule has 0 radical (unpaired) electrons. The number of hydrogen-bond acceptors (Lipinski definition) is 8. The number of hydrogen-bond donors (Lipinski definition) is 2.